The van der Waals surface area contributed by atoms with Crippen LogP contribution in [0.15, 0.2) is 11.1 Å². The predicted molar refractivity (Wildman–Crippen MR) is 67.4 cm³/mol. The van der Waals surface area contributed by atoms with Gasteiger partial charge in [-0.05, 0) is 18.4 Å². The van der Waals surface area contributed by atoms with Gasteiger partial charge in [-0.2, -0.15) is 4.89 Å². The van der Waals surface area contributed by atoms with Crippen LogP contribution < -0.4 is 0 Å². The van der Waals surface area contributed by atoms with Crippen LogP contribution in [0.25, 0.3) is 0 Å². The third-order valence-electron chi connectivity index (χ3n) is 2.76. The number of carboxylic acids is 1. The predicted octanol–water partition coefficient (Wildman–Crippen LogP) is -0.217. The van der Waals surface area contributed by atoms with E-state index in [4.69, 9.17) is 15.1 Å². The zero-order valence-electron chi connectivity index (χ0n) is 11.7. The fraction of sp³-hybridized carbons (Fsp3) is 0.750. The summed E-state index contributed by atoms with van der Waals surface area (Å²) in [7, 11) is 0. The maximum absolute atomic E-state index is 11.3. The Balaban J connectivity index is 5.36. The van der Waals surface area contributed by atoms with E-state index in [0.29, 0.717) is 6.42 Å². The fourth-order valence-electron chi connectivity index (χ4n) is 1.58. The molecule has 0 aliphatic heterocycles. The number of aliphatic carboxylic acids is 1. The maximum Gasteiger partial charge on any atom is 0.334 e. The van der Waals surface area contributed by atoms with E-state index in [0.717, 1.165) is 0 Å². The third kappa shape index (κ3) is 4.82. The van der Waals surface area contributed by atoms with Gasteiger partial charge in [-0.1, -0.05) is 18.9 Å². The van der Waals surface area contributed by atoms with Gasteiger partial charge >= 0.3 is 5.97 Å². The number of carboxylic acid groups (broad SMARTS) is 1. The molecule has 0 saturated heterocycles. The lowest BCUT2D eigenvalue weighted by atomic mass is 9.88. The van der Waals surface area contributed by atoms with Gasteiger partial charge in [0.25, 0.3) is 0 Å². The summed E-state index contributed by atoms with van der Waals surface area (Å²) < 4.78 is 0. The lowest BCUT2D eigenvalue weighted by Crippen LogP contribution is -2.43. The molecule has 8 nitrogen and oxygen atoms in total. The summed E-state index contributed by atoms with van der Waals surface area (Å²) in [5, 5.41) is 41.4. The van der Waals surface area contributed by atoms with Crippen LogP contribution in [-0.4, -0.2) is 58.4 Å². The van der Waals surface area contributed by atoms with E-state index in [2.05, 4.69) is 9.93 Å². The van der Waals surface area contributed by atoms with Crippen LogP contribution in [-0.2, 0) is 19.6 Å². The average molecular weight is 294 g/mol. The lowest BCUT2D eigenvalue weighted by Gasteiger charge is -2.30. The van der Waals surface area contributed by atoms with E-state index in [1.54, 1.807) is 6.92 Å². The van der Waals surface area contributed by atoms with Crippen molar-refractivity contribution < 1.29 is 40.0 Å². The molecule has 0 heterocycles. The lowest BCUT2D eigenvalue weighted by molar-refractivity contribution is -0.540. The van der Waals surface area contributed by atoms with E-state index in [1.165, 1.54) is 0 Å². The van der Waals surface area contributed by atoms with E-state index in [1.807, 2.05) is 6.92 Å². The Morgan fingerprint density at radius 2 is 1.75 bits per heavy atom. The summed E-state index contributed by atoms with van der Waals surface area (Å²) in [5.74, 6) is -1.43. The Morgan fingerprint density at radius 3 is 2.10 bits per heavy atom. The highest BCUT2D eigenvalue weighted by Crippen LogP contribution is 2.29. The number of carbonyl (C=O) groups is 1. The van der Waals surface area contributed by atoms with Crippen LogP contribution in [0.3, 0.4) is 0 Å². The molecular weight excluding hydrogens is 272 g/mol. The standard InChI is InChI=1S/C12H22O8/c1-3-5-18-20-19-12(4-2,8-15)10(11(16)17)9(6-13)7-14/h13-15H,3-8H2,1-2H3,(H,16,17). The summed E-state index contributed by atoms with van der Waals surface area (Å²) in [6.45, 7) is 1.54. The highest BCUT2D eigenvalue weighted by atomic mass is 17.5. The van der Waals surface area contributed by atoms with Crippen molar-refractivity contribution in [2.24, 2.45) is 0 Å². The monoisotopic (exact) mass is 294 g/mol. The molecule has 0 rings (SSSR count). The number of hydrogen-bond donors (Lipinski definition) is 4. The van der Waals surface area contributed by atoms with E-state index < -0.39 is 37.0 Å². The van der Waals surface area contributed by atoms with Crippen molar-refractivity contribution in [2.75, 3.05) is 26.4 Å². The molecule has 0 aliphatic carbocycles. The molecule has 20 heavy (non-hydrogen) atoms. The minimum atomic E-state index is -1.74. The van der Waals surface area contributed by atoms with Gasteiger partial charge in [-0.3, -0.25) is 0 Å². The first-order valence-corrected chi connectivity index (χ1v) is 6.28. The van der Waals surface area contributed by atoms with Gasteiger partial charge in [0.15, 0.2) is 5.60 Å². The first-order chi connectivity index (χ1) is 9.52. The smallest absolute Gasteiger partial charge is 0.334 e. The molecule has 0 bridgehead atoms. The molecule has 0 fully saturated rings. The van der Waals surface area contributed by atoms with Crippen molar-refractivity contribution in [1.29, 1.82) is 0 Å². The first kappa shape index (κ1) is 19.0. The summed E-state index contributed by atoms with van der Waals surface area (Å²) >= 11 is 0. The Bertz CT molecular complexity index is 315. The van der Waals surface area contributed by atoms with Crippen molar-refractivity contribution >= 4 is 5.97 Å². The molecule has 0 aromatic carbocycles. The van der Waals surface area contributed by atoms with E-state index in [9.17, 15) is 15.0 Å². The van der Waals surface area contributed by atoms with Gasteiger partial charge in [-0.15, -0.1) is 0 Å². The Kier molecular flexibility index (Phi) is 9.30. The molecule has 1 atom stereocenters. The van der Waals surface area contributed by atoms with Crippen LogP contribution in [0.4, 0.5) is 0 Å². The van der Waals surface area contributed by atoms with Crippen LogP contribution in [0.5, 0.6) is 0 Å². The molecular formula is C12H22O8. The maximum atomic E-state index is 11.3. The Hall–Kier alpha value is -1.03. The molecule has 0 spiro atoms. The van der Waals surface area contributed by atoms with Crippen molar-refractivity contribution in [2.45, 2.75) is 32.3 Å². The Labute approximate surface area is 117 Å². The van der Waals surface area contributed by atoms with Gasteiger partial charge in [-0.25, -0.2) is 9.68 Å². The molecule has 4 N–H and O–H groups in total. The first-order valence-electron chi connectivity index (χ1n) is 6.28. The topological polar surface area (TPSA) is 126 Å². The molecule has 0 aromatic rings. The fourth-order valence-corrected chi connectivity index (χ4v) is 1.58. The molecule has 0 radical (unpaired) electrons. The van der Waals surface area contributed by atoms with Gasteiger partial charge in [0.2, 0.25) is 0 Å². The highest BCUT2D eigenvalue weighted by Gasteiger charge is 2.41. The zero-order valence-corrected chi connectivity index (χ0v) is 11.7. The Morgan fingerprint density at radius 1 is 1.15 bits per heavy atom. The SMILES string of the molecule is CCCOOOC(CC)(CO)C(C(=O)O)=C(CO)CO. The van der Waals surface area contributed by atoms with Gasteiger partial charge in [0.1, 0.15) is 0 Å². The van der Waals surface area contributed by atoms with E-state index >= 15 is 0 Å². The van der Waals surface area contributed by atoms with Crippen molar-refractivity contribution in [1.82, 2.24) is 0 Å². The summed E-state index contributed by atoms with van der Waals surface area (Å²) in [5.41, 5.74) is -2.36. The quantitative estimate of drug-likeness (QED) is 0.178. The second-order valence-electron chi connectivity index (χ2n) is 4.08. The molecule has 8 heteroatoms. The van der Waals surface area contributed by atoms with Crippen LogP contribution in [0, 0.1) is 0 Å². The number of rotatable bonds is 11. The number of aliphatic hydroxyl groups excluding tert-OH is 3. The van der Waals surface area contributed by atoms with Gasteiger partial charge < -0.3 is 20.4 Å². The van der Waals surface area contributed by atoms with Crippen LogP contribution in [0.1, 0.15) is 26.7 Å². The molecule has 1 unspecified atom stereocenters. The van der Waals surface area contributed by atoms with Gasteiger partial charge in [0, 0.05) is 0 Å². The third-order valence-corrected chi connectivity index (χ3v) is 2.76. The summed E-state index contributed by atoms with van der Waals surface area (Å²) in [6, 6.07) is 0. The van der Waals surface area contributed by atoms with Crippen molar-refractivity contribution in [3.05, 3.63) is 11.1 Å². The minimum Gasteiger partial charge on any atom is -0.478 e. The second kappa shape index (κ2) is 9.81. The molecule has 118 valence electrons. The van der Waals surface area contributed by atoms with Gasteiger partial charge in [0.05, 0.1) is 32.0 Å². The summed E-state index contributed by atoms with van der Waals surface area (Å²) in [6.07, 6.45) is 0.686. The second-order valence-corrected chi connectivity index (χ2v) is 4.08. The minimum absolute atomic E-state index is 0.0319. The van der Waals surface area contributed by atoms with Crippen molar-refractivity contribution in [3.8, 4) is 0 Å². The number of aliphatic hydroxyl groups is 3. The van der Waals surface area contributed by atoms with Crippen LogP contribution >= 0.6 is 0 Å². The summed E-state index contributed by atoms with van der Waals surface area (Å²) in [4.78, 5) is 20.9. The largest absolute Gasteiger partial charge is 0.478 e. The van der Waals surface area contributed by atoms with Crippen molar-refractivity contribution in [3.63, 3.8) is 0 Å². The average Bonchev–Trinajstić information content (AvgIpc) is 2.46. The van der Waals surface area contributed by atoms with E-state index in [-0.39, 0.29) is 18.6 Å². The molecule has 0 aliphatic rings. The number of hydrogen-bond acceptors (Lipinski definition) is 7. The normalized spacial score (nSPS) is 13.8. The molecule has 0 amide bonds. The van der Waals surface area contributed by atoms with Crippen LogP contribution in [0.2, 0.25) is 0 Å². The highest BCUT2D eigenvalue weighted by molar-refractivity contribution is 5.90. The zero-order chi connectivity index (χ0) is 15.6. The molecule has 0 saturated carbocycles. The molecule has 0 aromatic heterocycles.